The van der Waals surface area contributed by atoms with Crippen LogP contribution in [0.2, 0.25) is 0 Å². The van der Waals surface area contributed by atoms with Crippen molar-refractivity contribution in [2.24, 2.45) is 0 Å². The van der Waals surface area contributed by atoms with E-state index in [1.807, 2.05) is 13.0 Å². The Morgan fingerprint density at radius 3 is 2.86 bits per heavy atom. The molecule has 3 aromatic rings. The Hall–Kier alpha value is -2.47. The van der Waals surface area contributed by atoms with Gasteiger partial charge in [0.05, 0.1) is 23.8 Å². The number of carbonyl (C=O) groups is 1. The van der Waals surface area contributed by atoms with Crippen LogP contribution in [0, 0.1) is 6.92 Å². The lowest BCUT2D eigenvalue weighted by atomic mass is 10.2. The summed E-state index contributed by atoms with van der Waals surface area (Å²) in [5.41, 5.74) is 1.37. The number of para-hydroxylation sites is 1. The average Bonchev–Trinajstić information content (AvgIpc) is 2.84. The maximum atomic E-state index is 12.4. The summed E-state index contributed by atoms with van der Waals surface area (Å²) in [6.07, 6.45) is 1.50. The minimum atomic E-state index is -0.946. The summed E-state index contributed by atoms with van der Waals surface area (Å²) in [4.78, 5) is 28.8. The standard InChI is InChI=1S/C15H12N2O3S/c1-9-10(6-13(21-9)15(19)20)7-17-8-16-12-5-3-2-4-11(12)14(17)18/h2-6,8H,7H2,1H3,(H,19,20). The van der Waals surface area contributed by atoms with Crippen molar-refractivity contribution < 1.29 is 9.90 Å². The number of thiophene rings is 1. The summed E-state index contributed by atoms with van der Waals surface area (Å²) >= 11 is 1.22. The molecule has 0 aliphatic carbocycles. The highest BCUT2D eigenvalue weighted by atomic mass is 32.1. The van der Waals surface area contributed by atoms with E-state index in [-0.39, 0.29) is 10.4 Å². The van der Waals surface area contributed by atoms with E-state index in [0.29, 0.717) is 17.4 Å². The van der Waals surface area contributed by atoms with Gasteiger partial charge in [0.25, 0.3) is 5.56 Å². The van der Waals surface area contributed by atoms with E-state index < -0.39 is 5.97 Å². The zero-order valence-electron chi connectivity index (χ0n) is 11.2. The van der Waals surface area contributed by atoms with E-state index in [0.717, 1.165) is 10.4 Å². The lowest BCUT2D eigenvalue weighted by Gasteiger charge is -2.06. The van der Waals surface area contributed by atoms with Crippen molar-refractivity contribution in [3.05, 3.63) is 62.3 Å². The fourth-order valence-electron chi connectivity index (χ4n) is 2.18. The molecular weight excluding hydrogens is 288 g/mol. The number of rotatable bonds is 3. The predicted octanol–water partition coefficient (Wildman–Crippen LogP) is 2.51. The zero-order chi connectivity index (χ0) is 15.0. The molecule has 0 bridgehead atoms. The first-order valence-corrected chi connectivity index (χ1v) is 7.14. The molecule has 1 aromatic carbocycles. The Morgan fingerprint density at radius 2 is 2.14 bits per heavy atom. The highest BCUT2D eigenvalue weighted by Crippen LogP contribution is 2.22. The van der Waals surface area contributed by atoms with Gasteiger partial charge in [-0.1, -0.05) is 12.1 Å². The molecule has 106 valence electrons. The van der Waals surface area contributed by atoms with Crippen LogP contribution in [0.5, 0.6) is 0 Å². The molecule has 3 rings (SSSR count). The van der Waals surface area contributed by atoms with Crippen LogP contribution in [0.25, 0.3) is 10.9 Å². The fourth-order valence-corrected chi connectivity index (χ4v) is 3.06. The molecule has 0 atom stereocenters. The van der Waals surface area contributed by atoms with E-state index in [1.54, 1.807) is 24.3 Å². The topological polar surface area (TPSA) is 72.2 Å². The largest absolute Gasteiger partial charge is 0.477 e. The molecule has 0 spiro atoms. The van der Waals surface area contributed by atoms with E-state index in [9.17, 15) is 9.59 Å². The normalized spacial score (nSPS) is 10.9. The number of hydrogen-bond acceptors (Lipinski definition) is 4. The van der Waals surface area contributed by atoms with Crippen LogP contribution in [-0.2, 0) is 6.54 Å². The maximum absolute atomic E-state index is 12.4. The van der Waals surface area contributed by atoms with Crippen LogP contribution in [-0.4, -0.2) is 20.6 Å². The minimum absolute atomic E-state index is 0.122. The number of aromatic carboxylic acids is 1. The van der Waals surface area contributed by atoms with Crippen molar-refractivity contribution in [1.82, 2.24) is 9.55 Å². The van der Waals surface area contributed by atoms with Gasteiger partial charge in [-0.15, -0.1) is 11.3 Å². The Kier molecular flexibility index (Phi) is 3.31. The van der Waals surface area contributed by atoms with E-state index >= 15 is 0 Å². The molecule has 0 radical (unpaired) electrons. The molecule has 0 aliphatic heterocycles. The van der Waals surface area contributed by atoms with Gasteiger partial charge in [0.2, 0.25) is 0 Å². The third kappa shape index (κ3) is 2.45. The molecule has 0 saturated carbocycles. The minimum Gasteiger partial charge on any atom is -0.477 e. The number of carboxylic acids is 1. The van der Waals surface area contributed by atoms with Crippen molar-refractivity contribution >= 4 is 28.2 Å². The third-order valence-electron chi connectivity index (χ3n) is 3.30. The van der Waals surface area contributed by atoms with Crippen LogP contribution < -0.4 is 5.56 Å². The number of fused-ring (bicyclic) bond motifs is 1. The lowest BCUT2D eigenvalue weighted by molar-refractivity contribution is 0.0702. The van der Waals surface area contributed by atoms with E-state index in [1.165, 1.54) is 22.2 Å². The van der Waals surface area contributed by atoms with Gasteiger partial charge in [-0.2, -0.15) is 0 Å². The number of hydrogen-bond donors (Lipinski definition) is 1. The fraction of sp³-hybridized carbons (Fsp3) is 0.133. The van der Waals surface area contributed by atoms with Gasteiger partial charge in [-0.25, -0.2) is 9.78 Å². The second kappa shape index (κ2) is 5.14. The monoisotopic (exact) mass is 300 g/mol. The predicted molar refractivity (Wildman–Crippen MR) is 81.1 cm³/mol. The number of benzene rings is 1. The molecule has 1 N–H and O–H groups in total. The van der Waals surface area contributed by atoms with Gasteiger partial charge in [-0.3, -0.25) is 9.36 Å². The third-order valence-corrected chi connectivity index (χ3v) is 4.38. The van der Waals surface area contributed by atoms with Crippen molar-refractivity contribution in [3.8, 4) is 0 Å². The van der Waals surface area contributed by atoms with Gasteiger partial charge < -0.3 is 5.11 Å². The van der Waals surface area contributed by atoms with Crippen LogP contribution in [0.4, 0.5) is 0 Å². The smallest absolute Gasteiger partial charge is 0.345 e. The van der Waals surface area contributed by atoms with Crippen LogP contribution >= 0.6 is 11.3 Å². The van der Waals surface area contributed by atoms with Gasteiger partial charge in [0.15, 0.2) is 0 Å². The highest BCUT2D eigenvalue weighted by Gasteiger charge is 2.12. The molecule has 5 nitrogen and oxygen atoms in total. The van der Waals surface area contributed by atoms with E-state index in [4.69, 9.17) is 5.11 Å². The lowest BCUT2D eigenvalue weighted by Crippen LogP contribution is -2.21. The summed E-state index contributed by atoms with van der Waals surface area (Å²) in [7, 11) is 0. The van der Waals surface area contributed by atoms with Crippen molar-refractivity contribution in [1.29, 1.82) is 0 Å². The summed E-state index contributed by atoms with van der Waals surface area (Å²) < 4.78 is 1.50. The molecule has 0 aliphatic rings. The van der Waals surface area contributed by atoms with Crippen LogP contribution in [0.3, 0.4) is 0 Å². The maximum Gasteiger partial charge on any atom is 0.345 e. The Morgan fingerprint density at radius 1 is 1.38 bits per heavy atom. The van der Waals surface area contributed by atoms with Gasteiger partial charge in [0, 0.05) is 4.88 Å². The first-order valence-electron chi connectivity index (χ1n) is 6.33. The first kappa shape index (κ1) is 13.5. The quantitative estimate of drug-likeness (QED) is 0.806. The number of nitrogens with zero attached hydrogens (tertiary/aromatic N) is 2. The number of carboxylic acid groups (broad SMARTS) is 1. The number of aromatic nitrogens is 2. The zero-order valence-corrected chi connectivity index (χ0v) is 12.1. The summed E-state index contributed by atoms with van der Waals surface area (Å²) in [6, 6.07) is 8.78. The van der Waals surface area contributed by atoms with Crippen molar-refractivity contribution in [2.75, 3.05) is 0 Å². The summed E-state index contributed by atoms with van der Waals surface area (Å²) in [6.45, 7) is 2.18. The van der Waals surface area contributed by atoms with Crippen LogP contribution in [0.1, 0.15) is 20.1 Å². The molecule has 0 unspecified atom stereocenters. The molecule has 0 amide bonds. The molecule has 2 heterocycles. The second-order valence-electron chi connectivity index (χ2n) is 4.69. The number of aryl methyl sites for hydroxylation is 1. The SMILES string of the molecule is Cc1sc(C(=O)O)cc1Cn1cnc2ccccc2c1=O. The molecule has 0 saturated heterocycles. The molecule has 0 fully saturated rings. The molecule has 21 heavy (non-hydrogen) atoms. The summed E-state index contributed by atoms with van der Waals surface area (Å²) in [5, 5.41) is 9.58. The summed E-state index contributed by atoms with van der Waals surface area (Å²) in [5.74, 6) is -0.946. The Labute approximate surface area is 124 Å². The molecule has 6 heteroatoms. The van der Waals surface area contributed by atoms with Gasteiger partial charge >= 0.3 is 5.97 Å². The van der Waals surface area contributed by atoms with E-state index in [2.05, 4.69) is 4.98 Å². The Balaban J connectivity index is 2.04. The molecular formula is C15H12N2O3S. The van der Waals surface area contributed by atoms with Gasteiger partial charge in [0.1, 0.15) is 4.88 Å². The van der Waals surface area contributed by atoms with Crippen molar-refractivity contribution in [2.45, 2.75) is 13.5 Å². The first-order chi connectivity index (χ1) is 10.1. The van der Waals surface area contributed by atoms with Crippen molar-refractivity contribution in [3.63, 3.8) is 0 Å². The molecule has 2 aromatic heterocycles. The second-order valence-corrected chi connectivity index (χ2v) is 5.95. The van der Waals surface area contributed by atoms with Crippen LogP contribution in [0.15, 0.2) is 41.5 Å². The highest BCUT2D eigenvalue weighted by molar-refractivity contribution is 7.14. The Bertz CT molecular complexity index is 895. The average molecular weight is 300 g/mol. The van der Waals surface area contributed by atoms with Gasteiger partial charge in [-0.05, 0) is 30.7 Å².